The minimum absolute atomic E-state index is 0.272. The average molecular weight is 459 g/mol. The number of aryl methyl sites for hydroxylation is 3. The van der Waals surface area contributed by atoms with Crippen molar-refractivity contribution >= 4 is 26.7 Å². The lowest BCUT2D eigenvalue weighted by atomic mass is 10.1. The van der Waals surface area contributed by atoms with E-state index < -0.39 is 26.7 Å². The fourth-order valence-corrected chi connectivity index (χ4v) is 4.57. The average Bonchev–Trinajstić information content (AvgIpc) is 3.08. The molecule has 166 valence electrons. The second-order valence-electron chi connectivity index (χ2n) is 7.40. The fraction of sp³-hybridized carbons (Fsp3) is 0.174. The van der Waals surface area contributed by atoms with Gasteiger partial charge < -0.3 is 4.57 Å². The maximum atomic E-state index is 12.9. The molecule has 1 heterocycles. The van der Waals surface area contributed by atoms with Gasteiger partial charge in [-0.3, -0.25) is 4.72 Å². The zero-order valence-electron chi connectivity index (χ0n) is 17.1. The van der Waals surface area contributed by atoms with E-state index in [0.29, 0.717) is 18.9 Å². The second kappa shape index (κ2) is 8.31. The van der Waals surface area contributed by atoms with Crippen molar-refractivity contribution in [2.24, 2.45) is 7.05 Å². The van der Waals surface area contributed by atoms with Crippen molar-refractivity contribution in [3.63, 3.8) is 0 Å². The summed E-state index contributed by atoms with van der Waals surface area (Å²) in [6.07, 6.45) is -3.20. The molecule has 5 nitrogen and oxygen atoms in total. The van der Waals surface area contributed by atoms with Gasteiger partial charge in [-0.15, -0.1) is 0 Å². The highest BCUT2D eigenvalue weighted by atomic mass is 32.2. The molecular formula is C23H20F3N3O2S. The van der Waals surface area contributed by atoms with Crippen LogP contribution >= 0.6 is 0 Å². The normalized spacial score (nSPS) is 12.2. The molecule has 3 aromatic carbocycles. The van der Waals surface area contributed by atoms with Gasteiger partial charge in [0.25, 0.3) is 10.0 Å². The molecule has 0 spiro atoms. The summed E-state index contributed by atoms with van der Waals surface area (Å²) in [6.45, 7) is 0. The predicted octanol–water partition coefficient (Wildman–Crippen LogP) is 5.18. The first kappa shape index (κ1) is 21.9. The highest BCUT2D eigenvalue weighted by Gasteiger charge is 2.31. The summed E-state index contributed by atoms with van der Waals surface area (Å²) in [6, 6.07) is 18.3. The third kappa shape index (κ3) is 4.62. The molecule has 0 aliphatic heterocycles. The van der Waals surface area contributed by atoms with Gasteiger partial charge >= 0.3 is 6.18 Å². The van der Waals surface area contributed by atoms with E-state index in [-0.39, 0.29) is 5.69 Å². The van der Waals surface area contributed by atoms with E-state index in [4.69, 9.17) is 0 Å². The van der Waals surface area contributed by atoms with Gasteiger partial charge in [0.15, 0.2) is 0 Å². The number of fused-ring (bicyclic) bond motifs is 1. The number of imidazole rings is 1. The first-order valence-corrected chi connectivity index (χ1v) is 11.3. The quantitative estimate of drug-likeness (QED) is 0.432. The number of hydrogen-bond acceptors (Lipinski definition) is 3. The fourth-order valence-electron chi connectivity index (χ4n) is 3.47. The zero-order valence-corrected chi connectivity index (χ0v) is 17.9. The Morgan fingerprint density at radius 3 is 2.34 bits per heavy atom. The van der Waals surface area contributed by atoms with E-state index in [0.717, 1.165) is 40.6 Å². The van der Waals surface area contributed by atoms with E-state index in [2.05, 4.69) is 9.71 Å². The second-order valence-corrected chi connectivity index (χ2v) is 9.09. The van der Waals surface area contributed by atoms with Gasteiger partial charge in [-0.25, -0.2) is 13.4 Å². The number of hydrogen-bond donors (Lipinski definition) is 1. The highest BCUT2D eigenvalue weighted by Crippen LogP contribution is 2.31. The smallest absolute Gasteiger partial charge is 0.331 e. The number of halogens is 3. The molecular weight excluding hydrogens is 439 g/mol. The summed E-state index contributed by atoms with van der Waals surface area (Å²) >= 11 is 0. The molecule has 0 amide bonds. The number of benzene rings is 3. The number of para-hydroxylation sites is 2. The molecule has 9 heteroatoms. The molecule has 0 radical (unpaired) electrons. The molecule has 32 heavy (non-hydrogen) atoms. The Morgan fingerprint density at radius 1 is 0.938 bits per heavy atom. The third-order valence-corrected chi connectivity index (χ3v) is 6.57. The molecule has 0 fully saturated rings. The number of rotatable bonds is 6. The van der Waals surface area contributed by atoms with E-state index in [1.165, 1.54) is 0 Å². The lowest BCUT2D eigenvalue weighted by Crippen LogP contribution is -2.14. The summed E-state index contributed by atoms with van der Waals surface area (Å²) in [5.74, 6) is 0.945. The Balaban J connectivity index is 1.45. The van der Waals surface area contributed by atoms with Gasteiger partial charge in [0.2, 0.25) is 0 Å². The van der Waals surface area contributed by atoms with Crippen LogP contribution in [0.4, 0.5) is 18.9 Å². The van der Waals surface area contributed by atoms with Crippen LogP contribution in [0.1, 0.15) is 17.0 Å². The monoisotopic (exact) mass is 459 g/mol. The maximum Gasteiger partial charge on any atom is 0.416 e. The van der Waals surface area contributed by atoms with Crippen LogP contribution < -0.4 is 4.72 Å². The standard InChI is InChI=1S/C23H20F3N3O2S/c1-29-21-8-3-2-7-20(21)27-22(29)14-11-16-9-12-18(13-10-16)28-32(30,31)19-6-4-5-17(15-19)23(24,25)26/h2-10,12-13,15,28H,11,14H2,1H3. The van der Waals surface area contributed by atoms with Gasteiger partial charge in [-0.1, -0.05) is 30.3 Å². The van der Waals surface area contributed by atoms with Crippen LogP contribution in [0.5, 0.6) is 0 Å². The molecule has 0 aliphatic carbocycles. The summed E-state index contributed by atoms with van der Waals surface area (Å²) in [5.41, 5.74) is 2.23. The summed E-state index contributed by atoms with van der Waals surface area (Å²) in [7, 11) is -2.18. The first-order valence-electron chi connectivity index (χ1n) is 9.83. The molecule has 4 rings (SSSR count). The molecule has 1 N–H and O–H groups in total. The molecule has 0 aliphatic rings. The van der Waals surface area contributed by atoms with Crippen molar-refractivity contribution < 1.29 is 21.6 Å². The number of nitrogens with zero attached hydrogens (tertiary/aromatic N) is 2. The SMILES string of the molecule is Cn1c(CCc2ccc(NS(=O)(=O)c3cccc(C(F)(F)F)c3)cc2)nc2ccccc21. The number of anilines is 1. The van der Waals surface area contributed by atoms with E-state index in [9.17, 15) is 21.6 Å². The molecule has 4 aromatic rings. The number of sulfonamides is 1. The van der Waals surface area contributed by atoms with E-state index in [1.807, 2.05) is 35.9 Å². The number of alkyl halides is 3. The largest absolute Gasteiger partial charge is 0.416 e. The molecule has 0 saturated carbocycles. The van der Waals surface area contributed by atoms with Crippen LogP contribution in [0.15, 0.2) is 77.7 Å². The Hall–Kier alpha value is -3.33. The number of nitrogens with one attached hydrogen (secondary N) is 1. The van der Waals surface area contributed by atoms with Crippen molar-refractivity contribution in [1.82, 2.24) is 9.55 Å². The van der Waals surface area contributed by atoms with Crippen LogP contribution in [-0.4, -0.2) is 18.0 Å². The molecule has 0 bridgehead atoms. The van der Waals surface area contributed by atoms with Gasteiger partial charge in [0.05, 0.1) is 21.5 Å². The summed E-state index contributed by atoms with van der Waals surface area (Å²) in [4.78, 5) is 4.20. The molecule has 0 unspecified atom stereocenters. The molecule has 0 atom stereocenters. The minimum Gasteiger partial charge on any atom is -0.331 e. The van der Waals surface area contributed by atoms with Crippen LogP contribution in [0.25, 0.3) is 11.0 Å². The van der Waals surface area contributed by atoms with Crippen molar-refractivity contribution in [3.8, 4) is 0 Å². The zero-order chi connectivity index (χ0) is 22.9. The van der Waals surface area contributed by atoms with Crippen LogP contribution in [0.3, 0.4) is 0 Å². The Morgan fingerprint density at radius 2 is 1.66 bits per heavy atom. The van der Waals surface area contributed by atoms with Gasteiger partial charge in [0, 0.05) is 19.2 Å². The lowest BCUT2D eigenvalue weighted by molar-refractivity contribution is -0.137. The van der Waals surface area contributed by atoms with Gasteiger partial charge in [-0.05, 0) is 54.4 Å². The van der Waals surface area contributed by atoms with Gasteiger partial charge in [-0.2, -0.15) is 13.2 Å². The minimum atomic E-state index is -4.62. The van der Waals surface area contributed by atoms with Crippen LogP contribution in [0.2, 0.25) is 0 Å². The van der Waals surface area contributed by atoms with Gasteiger partial charge in [0.1, 0.15) is 5.82 Å². The third-order valence-electron chi connectivity index (χ3n) is 5.19. The molecule has 1 aromatic heterocycles. The molecule has 0 saturated heterocycles. The van der Waals surface area contributed by atoms with E-state index >= 15 is 0 Å². The summed E-state index contributed by atoms with van der Waals surface area (Å²) in [5, 5.41) is 0. The summed E-state index contributed by atoms with van der Waals surface area (Å²) < 4.78 is 68.1. The van der Waals surface area contributed by atoms with Crippen LogP contribution in [-0.2, 0) is 36.1 Å². The topological polar surface area (TPSA) is 64.0 Å². The lowest BCUT2D eigenvalue weighted by Gasteiger charge is -2.11. The van der Waals surface area contributed by atoms with Crippen molar-refractivity contribution in [2.45, 2.75) is 23.9 Å². The van der Waals surface area contributed by atoms with E-state index in [1.54, 1.807) is 24.3 Å². The maximum absolute atomic E-state index is 12.9. The Labute approximate surface area is 183 Å². The number of aromatic nitrogens is 2. The Bertz CT molecular complexity index is 1360. The van der Waals surface area contributed by atoms with Crippen molar-refractivity contribution in [2.75, 3.05) is 4.72 Å². The van der Waals surface area contributed by atoms with Crippen molar-refractivity contribution in [3.05, 3.63) is 89.7 Å². The predicted molar refractivity (Wildman–Crippen MR) is 117 cm³/mol. The first-order chi connectivity index (χ1) is 15.1. The highest BCUT2D eigenvalue weighted by molar-refractivity contribution is 7.92. The van der Waals surface area contributed by atoms with Crippen LogP contribution in [0, 0.1) is 0 Å². The van der Waals surface area contributed by atoms with Crippen molar-refractivity contribution in [1.29, 1.82) is 0 Å². The Kier molecular flexibility index (Phi) is 5.68.